The normalized spacial score (nSPS) is 25.6. The van der Waals surface area contributed by atoms with Crippen LogP contribution in [0.5, 0.6) is 0 Å². The number of hydrogen-bond donors (Lipinski definition) is 1. The molecule has 0 aromatic heterocycles. The lowest BCUT2D eigenvalue weighted by Crippen LogP contribution is -2.40. The molecule has 1 N–H and O–H groups in total. The standard InChI is InChI=1S/C23H25N3OS/c1-14-7-15(2)9-18(8-14)21-11-19-22(28-21)23(26-13-25-19)24-12-16-3-4-17-5-6-27-20(17)10-16/h7-11,13,19,22H,3-6,12H2,1-2H3,(H,24,25,26). The average molecular weight is 392 g/mol. The Bertz CT molecular complexity index is 950. The first-order valence-corrected chi connectivity index (χ1v) is 10.9. The Morgan fingerprint density at radius 3 is 2.86 bits per heavy atom. The predicted molar refractivity (Wildman–Crippen MR) is 118 cm³/mol. The number of fused-ring (bicyclic) bond motifs is 1. The minimum atomic E-state index is 0.161. The van der Waals surface area contributed by atoms with Gasteiger partial charge in [0, 0.05) is 17.9 Å². The second kappa shape index (κ2) is 7.28. The van der Waals surface area contributed by atoms with Gasteiger partial charge in [0.15, 0.2) is 0 Å². The number of amidine groups is 1. The molecule has 0 fully saturated rings. The number of benzene rings is 1. The van der Waals surface area contributed by atoms with E-state index in [2.05, 4.69) is 59.5 Å². The van der Waals surface area contributed by atoms with Crippen molar-refractivity contribution in [3.63, 3.8) is 0 Å². The molecule has 5 heteroatoms. The summed E-state index contributed by atoms with van der Waals surface area (Å²) in [6.45, 7) is 5.99. The monoisotopic (exact) mass is 391 g/mol. The predicted octanol–water partition coefficient (Wildman–Crippen LogP) is 4.55. The lowest BCUT2D eigenvalue weighted by atomic mass is 9.96. The van der Waals surface area contributed by atoms with Crippen LogP contribution in [-0.2, 0) is 4.74 Å². The number of nitrogens with one attached hydrogen (secondary N) is 1. The van der Waals surface area contributed by atoms with Crippen LogP contribution in [-0.4, -0.2) is 36.6 Å². The zero-order chi connectivity index (χ0) is 19.1. The van der Waals surface area contributed by atoms with Gasteiger partial charge >= 0.3 is 0 Å². The van der Waals surface area contributed by atoms with Gasteiger partial charge in [0.05, 0.1) is 17.9 Å². The van der Waals surface area contributed by atoms with Gasteiger partial charge in [-0.3, -0.25) is 4.99 Å². The fraction of sp³-hybridized carbons (Fsp3) is 0.391. The minimum Gasteiger partial charge on any atom is -0.493 e. The highest BCUT2D eigenvalue weighted by atomic mass is 32.2. The SMILES string of the molecule is Cc1cc(C)cc(C2=CC3N=CN=C(NCC4=CC5=C(CCO5)CC4)C3S2)c1. The van der Waals surface area contributed by atoms with Crippen molar-refractivity contribution in [3.05, 3.63) is 63.9 Å². The maximum atomic E-state index is 5.74. The highest BCUT2D eigenvalue weighted by Gasteiger charge is 2.34. The van der Waals surface area contributed by atoms with Crippen LogP contribution in [0.25, 0.3) is 4.91 Å². The van der Waals surface area contributed by atoms with Gasteiger partial charge in [-0.1, -0.05) is 29.3 Å². The Labute approximate surface area is 170 Å². The highest BCUT2D eigenvalue weighted by molar-refractivity contribution is 8.09. The number of nitrogens with zero attached hydrogens (tertiary/aromatic N) is 2. The molecule has 0 bridgehead atoms. The fourth-order valence-electron chi connectivity index (χ4n) is 4.31. The van der Waals surface area contributed by atoms with Gasteiger partial charge in [-0.05, 0) is 55.6 Å². The average Bonchev–Trinajstić information content (AvgIpc) is 3.32. The third-order valence-corrected chi connectivity index (χ3v) is 7.07. The molecule has 2 atom stereocenters. The molecule has 3 heterocycles. The quantitative estimate of drug-likeness (QED) is 0.822. The van der Waals surface area contributed by atoms with E-state index in [0.717, 1.165) is 44.0 Å². The maximum Gasteiger partial charge on any atom is 0.120 e. The molecule has 4 nitrogen and oxygen atoms in total. The third kappa shape index (κ3) is 3.44. The van der Waals surface area contributed by atoms with Crippen molar-refractivity contribution < 1.29 is 4.74 Å². The van der Waals surface area contributed by atoms with E-state index in [0.29, 0.717) is 0 Å². The van der Waals surface area contributed by atoms with Gasteiger partial charge in [-0.15, -0.1) is 11.8 Å². The Morgan fingerprint density at radius 2 is 2.00 bits per heavy atom. The molecule has 144 valence electrons. The van der Waals surface area contributed by atoms with E-state index in [1.165, 1.54) is 32.7 Å². The van der Waals surface area contributed by atoms with Crippen molar-refractivity contribution in [2.45, 2.75) is 44.4 Å². The Morgan fingerprint density at radius 1 is 1.14 bits per heavy atom. The van der Waals surface area contributed by atoms with Crippen LogP contribution >= 0.6 is 11.8 Å². The molecular weight excluding hydrogens is 366 g/mol. The number of hydrogen-bond acceptors (Lipinski definition) is 5. The molecule has 0 saturated carbocycles. The summed E-state index contributed by atoms with van der Waals surface area (Å²) in [5, 5.41) is 3.83. The van der Waals surface area contributed by atoms with E-state index in [4.69, 9.17) is 4.74 Å². The van der Waals surface area contributed by atoms with Gasteiger partial charge in [0.2, 0.25) is 0 Å². The van der Waals surface area contributed by atoms with E-state index in [-0.39, 0.29) is 11.3 Å². The second-order valence-corrected chi connectivity index (χ2v) is 9.12. The van der Waals surface area contributed by atoms with Crippen molar-refractivity contribution in [1.29, 1.82) is 0 Å². The Hall–Kier alpha value is -2.27. The molecule has 0 spiro atoms. The van der Waals surface area contributed by atoms with Crippen molar-refractivity contribution in [1.82, 2.24) is 5.32 Å². The van der Waals surface area contributed by atoms with E-state index < -0.39 is 0 Å². The number of aliphatic imine (C=N–C) groups is 2. The molecule has 1 aromatic carbocycles. The molecular formula is C23H25N3OS. The molecule has 3 aliphatic heterocycles. The summed E-state index contributed by atoms with van der Waals surface area (Å²) in [5.74, 6) is 2.15. The van der Waals surface area contributed by atoms with Crippen LogP contribution < -0.4 is 5.32 Å². The summed E-state index contributed by atoms with van der Waals surface area (Å²) < 4.78 is 5.74. The van der Waals surface area contributed by atoms with Gasteiger partial charge in [-0.2, -0.15) is 0 Å². The van der Waals surface area contributed by atoms with Crippen LogP contribution in [0.1, 0.15) is 36.0 Å². The van der Waals surface area contributed by atoms with Gasteiger partial charge in [0.1, 0.15) is 17.9 Å². The second-order valence-electron chi connectivity index (χ2n) is 7.94. The van der Waals surface area contributed by atoms with E-state index in [1.54, 1.807) is 6.34 Å². The van der Waals surface area contributed by atoms with Gasteiger partial charge in [0.25, 0.3) is 0 Å². The van der Waals surface area contributed by atoms with Crippen molar-refractivity contribution in [2.24, 2.45) is 9.98 Å². The maximum absolute atomic E-state index is 5.74. The molecule has 1 aromatic rings. The summed E-state index contributed by atoms with van der Waals surface area (Å²) in [4.78, 5) is 10.5. The van der Waals surface area contributed by atoms with Gasteiger partial charge < -0.3 is 10.1 Å². The number of rotatable bonds is 3. The summed E-state index contributed by atoms with van der Waals surface area (Å²) in [6.07, 6.45) is 9.58. The molecule has 0 saturated heterocycles. The molecule has 4 aliphatic rings. The fourth-order valence-corrected chi connectivity index (χ4v) is 5.60. The minimum absolute atomic E-state index is 0.161. The van der Waals surface area contributed by atoms with E-state index in [9.17, 15) is 0 Å². The molecule has 28 heavy (non-hydrogen) atoms. The van der Waals surface area contributed by atoms with Crippen LogP contribution in [0, 0.1) is 13.8 Å². The van der Waals surface area contributed by atoms with Crippen molar-refractivity contribution in [3.8, 4) is 0 Å². The molecule has 1 aliphatic carbocycles. The van der Waals surface area contributed by atoms with Crippen molar-refractivity contribution in [2.75, 3.05) is 13.2 Å². The highest BCUT2D eigenvalue weighted by Crippen LogP contribution is 2.42. The summed E-state index contributed by atoms with van der Waals surface area (Å²) >= 11 is 1.88. The Balaban J connectivity index is 1.28. The number of aryl methyl sites for hydroxylation is 2. The first kappa shape index (κ1) is 17.8. The zero-order valence-electron chi connectivity index (χ0n) is 16.4. The lowest BCUT2D eigenvalue weighted by molar-refractivity contribution is 0.256. The third-order valence-electron chi connectivity index (χ3n) is 5.69. The zero-order valence-corrected chi connectivity index (χ0v) is 17.2. The molecule has 0 radical (unpaired) electrons. The lowest BCUT2D eigenvalue weighted by Gasteiger charge is -2.23. The number of allylic oxidation sites excluding steroid dienone is 1. The molecule has 2 unspecified atom stereocenters. The topological polar surface area (TPSA) is 46.0 Å². The number of ether oxygens (including phenoxy) is 1. The first-order chi connectivity index (χ1) is 13.7. The molecule has 0 amide bonds. The Kier molecular flexibility index (Phi) is 4.63. The van der Waals surface area contributed by atoms with Crippen LogP contribution in [0.4, 0.5) is 0 Å². The van der Waals surface area contributed by atoms with Crippen LogP contribution in [0.2, 0.25) is 0 Å². The molecule has 5 rings (SSSR count). The largest absolute Gasteiger partial charge is 0.493 e. The summed E-state index contributed by atoms with van der Waals surface area (Å²) in [7, 11) is 0. The van der Waals surface area contributed by atoms with Crippen LogP contribution in [0.15, 0.2) is 57.2 Å². The number of thioether (sulfide) groups is 1. The van der Waals surface area contributed by atoms with E-state index in [1.807, 2.05) is 11.8 Å². The summed E-state index contributed by atoms with van der Waals surface area (Å²) in [5.41, 5.74) is 6.77. The van der Waals surface area contributed by atoms with Crippen LogP contribution in [0.3, 0.4) is 0 Å². The van der Waals surface area contributed by atoms with Crippen molar-refractivity contribution >= 4 is 28.8 Å². The summed E-state index contributed by atoms with van der Waals surface area (Å²) in [6, 6.07) is 6.90. The first-order valence-electron chi connectivity index (χ1n) is 10.0. The van der Waals surface area contributed by atoms with E-state index >= 15 is 0 Å². The smallest absolute Gasteiger partial charge is 0.120 e. The van der Waals surface area contributed by atoms with Gasteiger partial charge in [-0.25, -0.2) is 4.99 Å².